The predicted molar refractivity (Wildman–Crippen MR) is 244 cm³/mol. The molecule has 0 amide bonds. The van der Waals surface area contributed by atoms with Gasteiger partial charge in [0.1, 0.15) is 11.5 Å². The fourth-order valence-corrected chi connectivity index (χ4v) is 5.47. The van der Waals surface area contributed by atoms with Crippen molar-refractivity contribution < 1.29 is 57.1 Å². The van der Waals surface area contributed by atoms with E-state index in [0.29, 0.717) is 95.9 Å². The van der Waals surface area contributed by atoms with Crippen molar-refractivity contribution in [3.8, 4) is 34.5 Å². The van der Waals surface area contributed by atoms with Gasteiger partial charge in [-0.1, -0.05) is 25.3 Å². The van der Waals surface area contributed by atoms with Crippen LogP contribution in [0.4, 0.5) is 0 Å². The van der Waals surface area contributed by atoms with Crippen molar-refractivity contribution in [2.45, 2.75) is 39.5 Å². The summed E-state index contributed by atoms with van der Waals surface area (Å²) in [5, 5.41) is 8.75. The third-order valence-electron chi connectivity index (χ3n) is 8.94. The van der Waals surface area contributed by atoms with E-state index in [1.54, 1.807) is 97.1 Å². The molecule has 14 heteroatoms. The number of carbonyl (C=O) groups is 4. The minimum atomic E-state index is -0.558. The molecule has 0 aliphatic carbocycles. The lowest BCUT2D eigenvalue weighted by Crippen LogP contribution is -2.05. The largest absolute Gasteiger partial charge is 0.493 e. The van der Waals surface area contributed by atoms with Crippen LogP contribution in [0.5, 0.6) is 34.5 Å². The molecule has 14 nitrogen and oxygen atoms in total. The van der Waals surface area contributed by atoms with Gasteiger partial charge >= 0.3 is 23.9 Å². The fraction of sp³-hybridized carbons (Fsp3) is 0.240. The van der Waals surface area contributed by atoms with Crippen LogP contribution in [0.2, 0.25) is 0 Å². The van der Waals surface area contributed by atoms with Gasteiger partial charge in [0.05, 0.1) is 52.1 Å². The fourth-order valence-electron chi connectivity index (χ4n) is 5.47. The molecule has 4 aromatic carbocycles. The Morgan fingerprint density at radius 1 is 0.500 bits per heavy atom. The summed E-state index contributed by atoms with van der Waals surface area (Å²) in [5.74, 6) is 0.816. The van der Waals surface area contributed by atoms with Crippen LogP contribution in [0.15, 0.2) is 133 Å². The zero-order chi connectivity index (χ0) is 46.1. The van der Waals surface area contributed by atoms with Crippen molar-refractivity contribution in [1.29, 1.82) is 0 Å². The molecule has 4 rings (SSSR count). The third-order valence-corrected chi connectivity index (χ3v) is 8.94. The van der Waals surface area contributed by atoms with Gasteiger partial charge in [-0.25, -0.2) is 19.2 Å². The first kappa shape index (κ1) is 48.9. The Balaban J connectivity index is 1.22. The van der Waals surface area contributed by atoms with Crippen molar-refractivity contribution in [3.05, 3.63) is 145 Å². The number of nitrogens with zero attached hydrogens (tertiary/aromatic N) is 2. The van der Waals surface area contributed by atoms with E-state index in [0.717, 1.165) is 23.3 Å². The van der Waals surface area contributed by atoms with Crippen LogP contribution in [-0.4, -0.2) is 75.9 Å². The van der Waals surface area contributed by atoms with Gasteiger partial charge < -0.3 is 37.9 Å². The Bertz CT molecular complexity index is 2180. The Labute approximate surface area is 373 Å². The molecular weight excluding hydrogens is 821 g/mol. The summed E-state index contributed by atoms with van der Waals surface area (Å²) in [7, 11) is 3.06. The Hall–Kier alpha value is -7.74. The van der Waals surface area contributed by atoms with Gasteiger partial charge in [-0.05, 0) is 147 Å². The molecule has 0 fully saturated rings. The summed E-state index contributed by atoms with van der Waals surface area (Å²) in [6.07, 6.45) is 10.8. The minimum Gasteiger partial charge on any atom is -0.493 e. The summed E-state index contributed by atoms with van der Waals surface area (Å²) >= 11 is 0. The number of esters is 4. The first-order chi connectivity index (χ1) is 31.0. The molecule has 0 N–H and O–H groups in total. The maximum atomic E-state index is 12.6. The van der Waals surface area contributed by atoms with Gasteiger partial charge in [0.15, 0.2) is 23.0 Å². The predicted octanol–water partition coefficient (Wildman–Crippen LogP) is 8.95. The number of carbonyl (C=O) groups excluding carboxylic acids is 4. The minimum absolute atomic E-state index is 0.290. The molecule has 0 bridgehead atoms. The summed E-state index contributed by atoms with van der Waals surface area (Å²) in [5.41, 5.74) is 4.28. The molecule has 334 valence electrons. The average molecular weight is 873 g/mol. The molecule has 0 aromatic heterocycles. The van der Waals surface area contributed by atoms with Crippen molar-refractivity contribution >= 4 is 47.5 Å². The second-order valence-electron chi connectivity index (χ2n) is 13.6. The molecule has 0 atom stereocenters. The molecule has 0 saturated heterocycles. The Morgan fingerprint density at radius 2 is 0.875 bits per heavy atom. The summed E-state index contributed by atoms with van der Waals surface area (Å²) in [4.78, 5) is 47.4. The molecule has 64 heavy (non-hydrogen) atoms. The standard InChI is InChI=1S/C50H52N2O12/c1-7-47(53)61-31-11-9-29-59-43-25-13-37(33-45(43)57-5)15-27-49(55)63-41-21-17-39(18-22-41)35(3)51-52-36(4)40-19-23-42(24-20-40)64-50(56)28-16-38-14-26-44(46(34-38)58-6)60-30-10-12-32-62-48(54)8-2/h7-8,13-28,33-34H,1-2,9-12,29-32H2,3-6H3/b27-15+,28-16+,51-35+,52-36+. The van der Waals surface area contributed by atoms with Gasteiger partial charge in [-0.3, -0.25) is 0 Å². The van der Waals surface area contributed by atoms with Crippen molar-refractivity contribution in [3.63, 3.8) is 0 Å². The van der Waals surface area contributed by atoms with Crippen LogP contribution in [0.3, 0.4) is 0 Å². The molecule has 0 aliphatic rings. The lowest BCUT2D eigenvalue weighted by Gasteiger charge is -2.11. The third kappa shape index (κ3) is 17.0. The molecule has 0 aliphatic heterocycles. The highest BCUT2D eigenvalue weighted by atomic mass is 16.5. The van der Waals surface area contributed by atoms with Crippen LogP contribution in [0.25, 0.3) is 12.2 Å². The average Bonchev–Trinajstić information content (AvgIpc) is 3.31. The van der Waals surface area contributed by atoms with E-state index >= 15 is 0 Å². The van der Waals surface area contributed by atoms with Crippen molar-refractivity contribution in [2.24, 2.45) is 10.2 Å². The van der Waals surface area contributed by atoms with Gasteiger partial charge in [0, 0.05) is 24.3 Å². The molecular formula is C50H52N2O12. The zero-order valence-electron chi connectivity index (χ0n) is 36.4. The van der Waals surface area contributed by atoms with Crippen LogP contribution in [-0.2, 0) is 28.7 Å². The summed E-state index contributed by atoms with van der Waals surface area (Å²) in [6.45, 7) is 11.8. The number of unbranched alkanes of at least 4 members (excludes halogenated alkanes) is 2. The monoisotopic (exact) mass is 872 g/mol. The summed E-state index contributed by atoms with van der Waals surface area (Å²) in [6, 6.07) is 24.4. The van der Waals surface area contributed by atoms with E-state index < -0.39 is 23.9 Å². The Morgan fingerprint density at radius 3 is 1.23 bits per heavy atom. The van der Waals surface area contributed by atoms with Crippen molar-refractivity contribution in [1.82, 2.24) is 0 Å². The highest BCUT2D eigenvalue weighted by molar-refractivity contribution is 6.02. The van der Waals surface area contributed by atoms with Crippen LogP contribution in [0.1, 0.15) is 61.8 Å². The molecule has 0 unspecified atom stereocenters. The number of benzene rings is 4. The highest BCUT2D eigenvalue weighted by Gasteiger charge is 2.09. The van der Waals surface area contributed by atoms with Crippen molar-refractivity contribution in [2.75, 3.05) is 40.6 Å². The quantitative estimate of drug-likeness (QED) is 0.0155. The SMILES string of the molecule is C=CC(=O)OCCCCOc1ccc(/C=C/C(=O)Oc2ccc(/C(C)=N/N=C(\C)c3ccc(OC(=O)/C=C/c4ccc(OCCCCOC(=O)C=C)c(OC)c4)cc3)cc2)cc1OC. The topological polar surface area (TPSA) is 167 Å². The lowest BCUT2D eigenvalue weighted by molar-refractivity contribution is -0.138. The van der Waals surface area contributed by atoms with Gasteiger partial charge in [-0.2, -0.15) is 10.2 Å². The van der Waals surface area contributed by atoms with Gasteiger partial charge in [-0.15, -0.1) is 0 Å². The molecule has 0 spiro atoms. The Kier molecular flexibility index (Phi) is 20.3. The maximum absolute atomic E-state index is 12.6. The van der Waals surface area contributed by atoms with Gasteiger partial charge in [0.2, 0.25) is 0 Å². The maximum Gasteiger partial charge on any atom is 0.336 e. The van der Waals surface area contributed by atoms with Crippen LogP contribution < -0.4 is 28.4 Å². The second-order valence-corrected chi connectivity index (χ2v) is 13.6. The van der Waals surface area contributed by atoms with E-state index in [1.807, 2.05) is 13.8 Å². The molecule has 0 saturated carbocycles. The van der Waals surface area contributed by atoms with E-state index in [4.69, 9.17) is 37.9 Å². The number of hydrogen-bond donors (Lipinski definition) is 0. The number of methoxy groups -OCH3 is 2. The van der Waals surface area contributed by atoms with Crippen LogP contribution >= 0.6 is 0 Å². The first-order valence-corrected chi connectivity index (χ1v) is 20.3. The van der Waals surface area contributed by atoms with Gasteiger partial charge in [0.25, 0.3) is 0 Å². The molecule has 0 heterocycles. The van der Waals surface area contributed by atoms with E-state index in [9.17, 15) is 19.2 Å². The number of rotatable bonds is 25. The lowest BCUT2D eigenvalue weighted by atomic mass is 10.1. The highest BCUT2D eigenvalue weighted by Crippen LogP contribution is 2.30. The van der Waals surface area contributed by atoms with E-state index in [2.05, 4.69) is 23.4 Å². The van der Waals surface area contributed by atoms with Crippen LogP contribution in [0, 0.1) is 0 Å². The number of hydrogen-bond acceptors (Lipinski definition) is 14. The molecule has 4 aromatic rings. The molecule has 0 radical (unpaired) electrons. The van der Waals surface area contributed by atoms with E-state index in [1.165, 1.54) is 26.4 Å². The first-order valence-electron chi connectivity index (χ1n) is 20.3. The second kappa shape index (κ2) is 26.6. The zero-order valence-corrected chi connectivity index (χ0v) is 36.4. The number of ether oxygens (including phenoxy) is 8. The van der Waals surface area contributed by atoms with E-state index in [-0.39, 0.29) is 13.2 Å². The summed E-state index contributed by atoms with van der Waals surface area (Å²) < 4.78 is 43.4. The smallest absolute Gasteiger partial charge is 0.336 e. The normalized spacial score (nSPS) is 11.4.